The normalized spacial score (nSPS) is 10.7. The molecule has 0 bridgehead atoms. The van der Waals surface area contributed by atoms with Gasteiger partial charge in [-0.05, 0) is 35.9 Å². The predicted molar refractivity (Wildman–Crippen MR) is 119 cm³/mol. The molecular formula is C23H16ClN3O5. The molecule has 0 aliphatic heterocycles. The molecule has 0 atom stereocenters. The lowest BCUT2D eigenvalue weighted by molar-refractivity contribution is 0.0844. The van der Waals surface area contributed by atoms with Gasteiger partial charge in [0.2, 0.25) is 0 Å². The van der Waals surface area contributed by atoms with Crippen molar-refractivity contribution in [3.05, 3.63) is 115 Å². The van der Waals surface area contributed by atoms with E-state index >= 15 is 0 Å². The van der Waals surface area contributed by atoms with E-state index in [1.54, 1.807) is 48.5 Å². The van der Waals surface area contributed by atoms with Gasteiger partial charge >= 0.3 is 5.63 Å². The molecule has 2 aromatic carbocycles. The van der Waals surface area contributed by atoms with Crippen LogP contribution in [0.2, 0.25) is 5.02 Å². The van der Waals surface area contributed by atoms with Crippen molar-refractivity contribution in [1.82, 2.24) is 15.4 Å². The summed E-state index contributed by atoms with van der Waals surface area (Å²) < 4.78 is 6.48. The number of aromatic nitrogens is 1. The second-order valence-electron chi connectivity index (χ2n) is 6.90. The summed E-state index contributed by atoms with van der Waals surface area (Å²) in [5.74, 6) is -1.49. The minimum atomic E-state index is -0.827. The van der Waals surface area contributed by atoms with Crippen LogP contribution in [0.4, 0.5) is 0 Å². The monoisotopic (exact) mass is 449 g/mol. The number of fused-ring (bicyclic) bond motifs is 1. The molecule has 2 N–H and O–H groups in total. The molecule has 0 aliphatic rings. The highest BCUT2D eigenvalue weighted by molar-refractivity contribution is 6.30. The Hall–Kier alpha value is -4.17. The molecular weight excluding hydrogens is 434 g/mol. The van der Waals surface area contributed by atoms with Crippen molar-refractivity contribution in [2.24, 2.45) is 0 Å². The molecule has 2 amide bonds. The average molecular weight is 450 g/mol. The number of nitrogens with zero attached hydrogens (tertiary/aromatic N) is 1. The average Bonchev–Trinajstić information content (AvgIpc) is 2.79. The van der Waals surface area contributed by atoms with Crippen LogP contribution >= 0.6 is 11.6 Å². The second-order valence-corrected chi connectivity index (χ2v) is 7.34. The van der Waals surface area contributed by atoms with E-state index in [1.165, 1.54) is 29.0 Å². The van der Waals surface area contributed by atoms with E-state index in [1.807, 2.05) is 0 Å². The fourth-order valence-corrected chi connectivity index (χ4v) is 3.18. The zero-order valence-corrected chi connectivity index (χ0v) is 17.3. The molecule has 2 heterocycles. The fraction of sp³-hybridized carbons (Fsp3) is 0.0435. The van der Waals surface area contributed by atoms with Crippen LogP contribution in [0.25, 0.3) is 11.0 Å². The third-order valence-electron chi connectivity index (χ3n) is 4.69. The first-order valence-electron chi connectivity index (χ1n) is 9.49. The topological polar surface area (TPSA) is 110 Å². The van der Waals surface area contributed by atoms with Crippen LogP contribution in [0.15, 0.2) is 86.9 Å². The number of hydrogen-bond donors (Lipinski definition) is 2. The van der Waals surface area contributed by atoms with Gasteiger partial charge in [0, 0.05) is 22.7 Å². The number of hydrazine groups is 1. The summed E-state index contributed by atoms with van der Waals surface area (Å²) in [6, 6.07) is 17.7. The zero-order valence-electron chi connectivity index (χ0n) is 16.5. The van der Waals surface area contributed by atoms with E-state index < -0.39 is 17.4 Å². The Morgan fingerprint density at radius 1 is 0.906 bits per heavy atom. The Morgan fingerprint density at radius 3 is 2.41 bits per heavy atom. The van der Waals surface area contributed by atoms with Crippen LogP contribution in [0, 0.1) is 0 Å². The first kappa shape index (κ1) is 21.1. The number of para-hydroxylation sites is 1. The van der Waals surface area contributed by atoms with E-state index in [0.29, 0.717) is 16.0 Å². The van der Waals surface area contributed by atoms with Gasteiger partial charge in [-0.1, -0.05) is 41.9 Å². The Bertz CT molecular complexity index is 1440. The van der Waals surface area contributed by atoms with Gasteiger partial charge in [-0.25, -0.2) is 4.79 Å². The van der Waals surface area contributed by atoms with Crippen molar-refractivity contribution < 1.29 is 14.0 Å². The summed E-state index contributed by atoms with van der Waals surface area (Å²) in [4.78, 5) is 49.1. The van der Waals surface area contributed by atoms with Gasteiger partial charge in [0.05, 0.1) is 12.1 Å². The van der Waals surface area contributed by atoms with Crippen molar-refractivity contribution >= 4 is 34.4 Å². The smallest absolute Gasteiger partial charge is 0.349 e. The summed E-state index contributed by atoms with van der Waals surface area (Å²) in [6.07, 6.45) is 1.38. The van der Waals surface area contributed by atoms with Crippen molar-refractivity contribution in [3.63, 3.8) is 0 Å². The molecule has 0 saturated heterocycles. The zero-order chi connectivity index (χ0) is 22.7. The highest BCUT2D eigenvalue weighted by Crippen LogP contribution is 2.13. The van der Waals surface area contributed by atoms with Crippen LogP contribution < -0.4 is 22.0 Å². The van der Waals surface area contributed by atoms with E-state index in [9.17, 15) is 19.2 Å². The standard InChI is InChI=1S/C23H16ClN3O5/c24-17-8-5-14(6-9-17)12-27-13-16(7-10-20(27)28)21(29)25-26-22(30)18-11-15-3-1-2-4-19(15)32-23(18)31/h1-11,13H,12H2,(H,25,29)(H,26,30). The van der Waals surface area contributed by atoms with Crippen LogP contribution in [0.3, 0.4) is 0 Å². The van der Waals surface area contributed by atoms with E-state index in [4.69, 9.17) is 16.0 Å². The number of nitrogens with one attached hydrogen (secondary N) is 2. The molecule has 0 fully saturated rings. The van der Waals surface area contributed by atoms with E-state index in [2.05, 4.69) is 10.9 Å². The predicted octanol–water partition coefficient (Wildman–Crippen LogP) is 2.73. The maximum absolute atomic E-state index is 12.5. The highest BCUT2D eigenvalue weighted by atomic mass is 35.5. The number of amides is 2. The SMILES string of the molecule is O=C(NNC(=O)c1cc2ccccc2oc1=O)c1ccc(=O)n(Cc2ccc(Cl)cc2)c1. The summed E-state index contributed by atoms with van der Waals surface area (Å²) in [6.45, 7) is 0.238. The Morgan fingerprint density at radius 2 is 1.62 bits per heavy atom. The molecule has 2 aromatic heterocycles. The maximum atomic E-state index is 12.5. The summed E-state index contributed by atoms with van der Waals surface area (Å²) in [7, 11) is 0. The van der Waals surface area contributed by atoms with Crippen molar-refractivity contribution in [1.29, 1.82) is 0 Å². The molecule has 8 nitrogen and oxygen atoms in total. The third kappa shape index (κ3) is 4.60. The Kier molecular flexibility index (Phi) is 5.87. The van der Waals surface area contributed by atoms with Gasteiger partial charge in [0.1, 0.15) is 11.1 Å². The minimum absolute atomic E-state index is 0.143. The van der Waals surface area contributed by atoms with Gasteiger partial charge in [-0.15, -0.1) is 0 Å². The molecule has 32 heavy (non-hydrogen) atoms. The largest absolute Gasteiger partial charge is 0.422 e. The van der Waals surface area contributed by atoms with Gasteiger partial charge in [-0.2, -0.15) is 0 Å². The van der Waals surface area contributed by atoms with Crippen LogP contribution in [-0.2, 0) is 6.54 Å². The Balaban J connectivity index is 1.48. The van der Waals surface area contributed by atoms with Gasteiger partial charge in [-0.3, -0.25) is 25.2 Å². The molecule has 0 unspecified atom stereocenters. The van der Waals surface area contributed by atoms with Gasteiger partial charge in [0.15, 0.2) is 0 Å². The lowest BCUT2D eigenvalue weighted by Gasteiger charge is -2.10. The quantitative estimate of drug-likeness (QED) is 0.367. The first-order chi connectivity index (χ1) is 15.4. The fourth-order valence-electron chi connectivity index (χ4n) is 3.05. The molecule has 160 valence electrons. The van der Waals surface area contributed by atoms with Crippen LogP contribution in [0.1, 0.15) is 26.3 Å². The molecule has 0 spiro atoms. The maximum Gasteiger partial charge on any atom is 0.349 e. The van der Waals surface area contributed by atoms with Gasteiger partial charge in [0.25, 0.3) is 17.4 Å². The summed E-state index contributed by atoms with van der Waals surface area (Å²) in [5.41, 5.74) is 4.37. The number of carbonyl (C=O) groups excluding carboxylic acids is 2. The second kappa shape index (κ2) is 8.91. The van der Waals surface area contributed by atoms with Gasteiger partial charge < -0.3 is 8.98 Å². The lowest BCUT2D eigenvalue weighted by atomic mass is 10.2. The number of carbonyl (C=O) groups is 2. The number of pyridine rings is 1. The molecule has 9 heteroatoms. The van der Waals surface area contributed by atoms with Crippen molar-refractivity contribution in [3.8, 4) is 0 Å². The first-order valence-corrected chi connectivity index (χ1v) is 9.87. The van der Waals surface area contributed by atoms with E-state index in [-0.39, 0.29) is 23.2 Å². The lowest BCUT2D eigenvalue weighted by Crippen LogP contribution is -2.43. The van der Waals surface area contributed by atoms with Crippen molar-refractivity contribution in [2.75, 3.05) is 0 Å². The van der Waals surface area contributed by atoms with E-state index in [0.717, 1.165) is 5.56 Å². The number of rotatable bonds is 4. The minimum Gasteiger partial charge on any atom is -0.422 e. The molecule has 4 rings (SSSR count). The molecule has 4 aromatic rings. The molecule has 0 saturated carbocycles. The molecule has 0 aliphatic carbocycles. The highest BCUT2D eigenvalue weighted by Gasteiger charge is 2.15. The van der Waals surface area contributed by atoms with Crippen LogP contribution in [-0.4, -0.2) is 16.4 Å². The Labute approximate surface area is 186 Å². The van der Waals surface area contributed by atoms with Crippen molar-refractivity contribution in [2.45, 2.75) is 6.54 Å². The number of hydrogen-bond acceptors (Lipinski definition) is 5. The summed E-state index contributed by atoms with van der Waals surface area (Å²) >= 11 is 5.87. The third-order valence-corrected chi connectivity index (χ3v) is 4.94. The number of benzene rings is 2. The molecule has 0 radical (unpaired) electrons. The summed E-state index contributed by atoms with van der Waals surface area (Å²) in [5, 5.41) is 1.14. The van der Waals surface area contributed by atoms with Crippen LogP contribution in [0.5, 0.6) is 0 Å². The number of halogens is 1.